The molecule has 0 saturated heterocycles. The summed E-state index contributed by atoms with van der Waals surface area (Å²) >= 11 is 0. The van der Waals surface area contributed by atoms with Crippen molar-refractivity contribution in [2.45, 2.75) is 12.6 Å². The standard InChI is InChI=1S/C12H19F3N4/c1-18(2)5-4-6-19(3)10-7-11(12(13,14)15)17-8-9(10)16/h7-8H,4-6,16H2,1-3H3. The minimum absolute atomic E-state index is 0.250. The van der Waals surface area contributed by atoms with Gasteiger partial charge in [0.15, 0.2) is 0 Å². The van der Waals surface area contributed by atoms with Crippen LogP contribution in [0.3, 0.4) is 0 Å². The fraction of sp³-hybridized carbons (Fsp3) is 0.583. The summed E-state index contributed by atoms with van der Waals surface area (Å²) in [5.41, 5.74) is 5.38. The second-order valence-corrected chi connectivity index (χ2v) is 4.70. The van der Waals surface area contributed by atoms with E-state index >= 15 is 0 Å². The highest BCUT2D eigenvalue weighted by atomic mass is 19.4. The van der Waals surface area contributed by atoms with Gasteiger partial charge in [0, 0.05) is 13.6 Å². The van der Waals surface area contributed by atoms with Gasteiger partial charge < -0.3 is 15.5 Å². The van der Waals surface area contributed by atoms with Crippen molar-refractivity contribution in [1.82, 2.24) is 9.88 Å². The van der Waals surface area contributed by atoms with E-state index in [1.54, 1.807) is 11.9 Å². The molecule has 1 aromatic rings. The molecule has 0 bridgehead atoms. The number of nitrogens with two attached hydrogens (primary N) is 1. The van der Waals surface area contributed by atoms with Crippen molar-refractivity contribution in [3.63, 3.8) is 0 Å². The number of hydrogen-bond donors (Lipinski definition) is 1. The highest BCUT2D eigenvalue weighted by molar-refractivity contribution is 5.66. The van der Waals surface area contributed by atoms with E-state index in [1.165, 1.54) is 0 Å². The average molecular weight is 276 g/mol. The molecule has 0 aliphatic carbocycles. The fourth-order valence-corrected chi connectivity index (χ4v) is 1.69. The highest BCUT2D eigenvalue weighted by Gasteiger charge is 2.33. The molecular weight excluding hydrogens is 257 g/mol. The van der Waals surface area contributed by atoms with Gasteiger partial charge in [-0.2, -0.15) is 13.2 Å². The number of hydrogen-bond acceptors (Lipinski definition) is 4. The van der Waals surface area contributed by atoms with Crippen LogP contribution < -0.4 is 10.6 Å². The number of alkyl halides is 3. The van der Waals surface area contributed by atoms with E-state index in [-0.39, 0.29) is 5.69 Å². The van der Waals surface area contributed by atoms with E-state index in [0.717, 1.165) is 25.2 Å². The van der Waals surface area contributed by atoms with Crippen molar-refractivity contribution in [3.8, 4) is 0 Å². The first-order chi connectivity index (χ1) is 8.71. The molecule has 1 rings (SSSR count). The molecule has 0 unspecified atom stereocenters. The molecular formula is C12H19F3N4. The molecule has 108 valence electrons. The maximum atomic E-state index is 12.6. The van der Waals surface area contributed by atoms with E-state index in [4.69, 9.17) is 5.73 Å². The van der Waals surface area contributed by atoms with Crippen molar-refractivity contribution >= 4 is 11.4 Å². The summed E-state index contributed by atoms with van der Waals surface area (Å²) in [6.45, 7) is 1.49. The first-order valence-corrected chi connectivity index (χ1v) is 5.90. The van der Waals surface area contributed by atoms with Crippen LogP contribution in [0.25, 0.3) is 0 Å². The van der Waals surface area contributed by atoms with Crippen LogP contribution >= 0.6 is 0 Å². The van der Waals surface area contributed by atoms with Crippen molar-refractivity contribution < 1.29 is 13.2 Å². The number of aromatic nitrogens is 1. The van der Waals surface area contributed by atoms with Crippen LogP contribution in [0.2, 0.25) is 0 Å². The summed E-state index contributed by atoms with van der Waals surface area (Å²) in [5.74, 6) is 0. The van der Waals surface area contributed by atoms with E-state index in [0.29, 0.717) is 12.2 Å². The molecule has 0 aromatic carbocycles. The Morgan fingerprint density at radius 1 is 1.21 bits per heavy atom. The average Bonchev–Trinajstić information content (AvgIpc) is 2.27. The number of pyridine rings is 1. The Bertz CT molecular complexity index is 418. The largest absolute Gasteiger partial charge is 0.433 e. The quantitative estimate of drug-likeness (QED) is 0.894. The van der Waals surface area contributed by atoms with Gasteiger partial charge in [0.05, 0.1) is 17.6 Å². The minimum atomic E-state index is -4.45. The number of rotatable bonds is 5. The van der Waals surface area contributed by atoms with Crippen LogP contribution in [0.1, 0.15) is 12.1 Å². The molecule has 7 heteroatoms. The number of nitrogen functional groups attached to an aromatic ring is 1. The number of halogens is 3. The molecule has 1 aromatic heterocycles. The first kappa shape index (κ1) is 15.6. The molecule has 0 aliphatic rings. The third-order valence-corrected chi connectivity index (χ3v) is 2.71. The van der Waals surface area contributed by atoms with E-state index in [1.807, 2.05) is 19.0 Å². The van der Waals surface area contributed by atoms with Crippen LogP contribution in [0.15, 0.2) is 12.3 Å². The fourth-order valence-electron chi connectivity index (χ4n) is 1.69. The summed E-state index contributed by atoms with van der Waals surface area (Å²) in [5, 5.41) is 0. The normalized spacial score (nSPS) is 11.9. The van der Waals surface area contributed by atoms with Gasteiger partial charge in [-0.05, 0) is 33.1 Å². The smallest absolute Gasteiger partial charge is 0.396 e. The Kier molecular flexibility index (Phi) is 4.99. The van der Waals surface area contributed by atoms with Gasteiger partial charge in [-0.1, -0.05) is 0 Å². The van der Waals surface area contributed by atoms with Crippen LogP contribution in [-0.4, -0.2) is 44.1 Å². The maximum Gasteiger partial charge on any atom is 0.433 e. The van der Waals surface area contributed by atoms with Gasteiger partial charge in [-0.15, -0.1) is 0 Å². The van der Waals surface area contributed by atoms with Gasteiger partial charge in [0.25, 0.3) is 0 Å². The topological polar surface area (TPSA) is 45.4 Å². The van der Waals surface area contributed by atoms with Gasteiger partial charge >= 0.3 is 6.18 Å². The number of anilines is 2. The lowest BCUT2D eigenvalue weighted by atomic mass is 10.2. The second-order valence-electron chi connectivity index (χ2n) is 4.70. The molecule has 1 heterocycles. The molecule has 0 saturated carbocycles. The Hall–Kier alpha value is -1.50. The monoisotopic (exact) mass is 276 g/mol. The van der Waals surface area contributed by atoms with Crippen molar-refractivity contribution in [1.29, 1.82) is 0 Å². The molecule has 0 fully saturated rings. The third-order valence-electron chi connectivity index (χ3n) is 2.71. The van der Waals surface area contributed by atoms with Gasteiger partial charge in [0.2, 0.25) is 0 Å². The zero-order valence-electron chi connectivity index (χ0n) is 11.3. The Morgan fingerprint density at radius 2 is 1.84 bits per heavy atom. The van der Waals surface area contributed by atoms with Gasteiger partial charge in [0.1, 0.15) is 5.69 Å². The van der Waals surface area contributed by atoms with Crippen LogP contribution in [0.5, 0.6) is 0 Å². The van der Waals surface area contributed by atoms with Gasteiger partial charge in [-0.3, -0.25) is 0 Å². The first-order valence-electron chi connectivity index (χ1n) is 5.90. The lowest BCUT2D eigenvalue weighted by Gasteiger charge is -2.22. The zero-order chi connectivity index (χ0) is 14.6. The molecule has 4 nitrogen and oxygen atoms in total. The molecule has 2 N–H and O–H groups in total. The Morgan fingerprint density at radius 3 is 2.37 bits per heavy atom. The summed E-state index contributed by atoms with van der Waals surface area (Å²) in [7, 11) is 5.62. The highest BCUT2D eigenvalue weighted by Crippen LogP contribution is 2.32. The van der Waals surface area contributed by atoms with Gasteiger partial charge in [-0.25, -0.2) is 4.98 Å². The maximum absolute atomic E-state index is 12.6. The second kappa shape index (κ2) is 6.10. The van der Waals surface area contributed by atoms with E-state index in [9.17, 15) is 13.2 Å². The summed E-state index contributed by atoms with van der Waals surface area (Å²) in [4.78, 5) is 7.05. The van der Waals surface area contributed by atoms with E-state index < -0.39 is 11.9 Å². The van der Waals surface area contributed by atoms with Crippen molar-refractivity contribution in [3.05, 3.63) is 18.0 Å². The Labute approximate surface area is 111 Å². The predicted octanol–water partition coefficient (Wildman–Crippen LogP) is 2.07. The van der Waals surface area contributed by atoms with Crippen molar-refractivity contribution in [2.75, 3.05) is 44.9 Å². The molecule has 0 amide bonds. The third kappa shape index (κ3) is 4.59. The Balaban J connectivity index is 2.81. The van der Waals surface area contributed by atoms with Crippen LogP contribution in [0, 0.1) is 0 Å². The summed E-state index contributed by atoms with van der Waals surface area (Å²) in [6, 6.07) is 0.991. The van der Waals surface area contributed by atoms with E-state index in [2.05, 4.69) is 4.98 Å². The predicted molar refractivity (Wildman–Crippen MR) is 70.1 cm³/mol. The zero-order valence-corrected chi connectivity index (χ0v) is 11.3. The van der Waals surface area contributed by atoms with Crippen LogP contribution in [-0.2, 0) is 6.18 Å². The molecule has 0 aliphatic heterocycles. The SMILES string of the molecule is CN(C)CCCN(C)c1cc(C(F)(F)F)ncc1N. The molecule has 0 radical (unpaired) electrons. The lowest BCUT2D eigenvalue weighted by molar-refractivity contribution is -0.141. The number of nitrogens with zero attached hydrogens (tertiary/aromatic N) is 3. The lowest BCUT2D eigenvalue weighted by Crippen LogP contribution is -2.24. The molecule has 19 heavy (non-hydrogen) atoms. The molecule has 0 spiro atoms. The molecule has 0 atom stereocenters. The minimum Gasteiger partial charge on any atom is -0.396 e. The van der Waals surface area contributed by atoms with Crippen LogP contribution in [0.4, 0.5) is 24.5 Å². The summed E-state index contributed by atoms with van der Waals surface area (Å²) in [6.07, 6.45) is -2.56. The summed E-state index contributed by atoms with van der Waals surface area (Å²) < 4.78 is 37.8. The van der Waals surface area contributed by atoms with Crippen molar-refractivity contribution in [2.24, 2.45) is 0 Å².